The average molecular weight is 206 g/mol. The fraction of sp³-hybridized carbons (Fsp3) is 0.545. The first-order valence-corrected chi connectivity index (χ1v) is 5.53. The summed E-state index contributed by atoms with van der Waals surface area (Å²) in [6.07, 6.45) is 5.43. The monoisotopic (exact) mass is 206 g/mol. The fourth-order valence-electron chi connectivity index (χ4n) is 1.89. The standard InChI is InChI=1S/C11H18N4/c12-11-4-3-10(8-14-11)15-9-2-1-6-13-7-5-9/h3-4,8-9,13,15H,1-2,5-7H2,(H2,12,14). The van der Waals surface area contributed by atoms with Crippen molar-refractivity contribution in [2.24, 2.45) is 0 Å². The van der Waals surface area contributed by atoms with Crippen molar-refractivity contribution in [2.75, 3.05) is 24.1 Å². The molecule has 4 nitrogen and oxygen atoms in total. The van der Waals surface area contributed by atoms with Gasteiger partial charge in [0.2, 0.25) is 0 Å². The summed E-state index contributed by atoms with van der Waals surface area (Å²) in [5, 5.41) is 6.89. The van der Waals surface area contributed by atoms with E-state index in [1.165, 1.54) is 19.3 Å². The summed E-state index contributed by atoms with van der Waals surface area (Å²) >= 11 is 0. The number of anilines is 2. The topological polar surface area (TPSA) is 63.0 Å². The smallest absolute Gasteiger partial charge is 0.123 e. The zero-order chi connectivity index (χ0) is 10.5. The Morgan fingerprint density at radius 2 is 2.27 bits per heavy atom. The Bertz CT molecular complexity index is 288. The second-order valence-corrected chi connectivity index (χ2v) is 3.99. The van der Waals surface area contributed by atoms with Crippen LogP contribution in [0.4, 0.5) is 11.5 Å². The molecule has 4 heteroatoms. The van der Waals surface area contributed by atoms with Crippen molar-refractivity contribution in [1.82, 2.24) is 10.3 Å². The van der Waals surface area contributed by atoms with Crippen LogP contribution in [0.3, 0.4) is 0 Å². The predicted octanol–water partition coefficient (Wildman–Crippen LogP) is 1.22. The van der Waals surface area contributed by atoms with Gasteiger partial charge >= 0.3 is 0 Å². The molecule has 1 atom stereocenters. The van der Waals surface area contributed by atoms with Crippen LogP contribution in [0.5, 0.6) is 0 Å². The quantitative estimate of drug-likeness (QED) is 0.681. The van der Waals surface area contributed by atoms with Crippen molar-refractivity contribution in [1.29, 1.82) is 0 Å². The second-order valence-electron chi connectivity index (χ2n) is 3.99. The third kappa shape index (κ3) is 3.09. The average Bonchev–Trinajstić information content (AvgIpc) is 2.50. The number of nitrogens with zero attached hydrogens (tertiary/aromatic N) is 1. The molecular formula is C11H18N4. The third-order valence-electron chi connectivity index (χ3n) is 2.73. The van der Waals surface area contributed by atoms with Crippen molar-refractivity contribution >= 4 is 11.5 Å². The van der Waals surface area contributed by atoms with Crippen molar-refractivity contribution in [3.63, 3.8) is 0 Å². The summed E-state index contributed by atoms with van der Waals surface area (Å²) in [5.41, 5.74) is 6.60. The van der Waals surface area contributed by atoms with E-state index in [0.717, 1.165) is 18.8 Å². The van der Waals surface area contributed by atoms with E-state index in [1.807, 2.05) is 12.1 Å². The lowest BCUT2D eigenvalue weighted by atomic mass is 10.1. The van der Waals surface area contributed by atoms with Gasteiger partial charge in [-0.15, -0.1) is 0 Å². The van der Waals surface area contributed by atoms with Gasteiger partial charge < -0.3 is 16.4 Å². The van der Waals surface area contributed by atoms with Crippen molar-refractivity contribution < 1.29 is 0 Å². The maximum absolute atomic E-state index is 5.54. The largest absolute Gasteiger partial charge is 0.384 e. The molecule has 1 aliphatic heterocycles. The molecule has 15 heavy (non-hydrogen) atoms. The molecule has 0 aromatic carbocycles. The van der Waals surface area contributed by atoms with E-state index >= 15 is 0 Å². The number of aromatic nitrogens is 1. The number of pyridine rings is 1. The molecule has 1 aliphatic rings. The van der Waals surface area contributed by atoms with Gasteiger partial charge in [-0.2, -0.15) is 0 Å². The molecule has 1 aromatic rings. The van der Waals surface area contributed by atoms with Gasteiger partial charge in [0.25, 0.3) is 0 Å². The zero-order valence-electron chi connectivity index (χ0n) is 8.87. The van der Waals surface area contributed by atoms with Gasteiger partial charge in [0.15, 0.2) is 0 Å². The van der Waals surface area contributed by atoms with Crippen LogP contribution in [0.15, 0.2) is 18.3 Å². The highest BCUT2D eigenvalue weighted by Gasteiger charge is 2.11. The highest BCUT2D eigenvalue weighted by molar-refractivity contribution is 5.45. The number of hydrogen-bond acceptors (Lipinski definition) is 4. The Balaban J connectivity index is 1.92. The first kappa shape index (κ1) is 10.2. The van der Waals surface area contributed by atoms with Gasteiger partial charge in [-0.1, -0.05) is 0 Å². The zero-order valence-corrected chi connectivity index (χ0v) is 8.87. The molecule has 0 bridgehead atoms. The molecular weight excluding hydrogens is 188 g/mol. The van der Waals surface area contributed by atoms with Gasteiger partial charge in [0, 0.05) is 6.04 Å². The van der Waals surface area contributed by atoms with Crippen LogP contribution in [0.2, 0.25) is 0 Å². The van der Waals surface area contributed by atoms with Crippen LogP contribution < -0.4 is 16.4 Å². The summed E-state index contributed by atoms with van der Waals surface area (Å²) < 4.78 is 0. The minimum absolute atomic E-state index is 0.561. The Kier molecular flexibility index (Phi) is 3.40. The van der Waals surface area contributed by atoms with E-state index in [2.05, 4.69) is 15.6 Å². The van der Waals surface area contributed by atoms with E-state index in [-0.39, 0.29) is 0 Å². The Labute approximate surface area is 90.3 Å². The molecule has 0 spiro atoms. The first-order valence-electron chi connectivity index (χ1n) is 5.53. The molecule has 2 heterocycles. The molecule has 2 rings (SSSR count). The molecule has 1 saturated heterocycles. The highest BCUT2D eigenvalue weighted by Crippen LogP contribution is 2.14. The van der Waals surface area contributed by atoms with Crippen LogP contribution in [-0.4, -0.2) is 24.1 Å². The summed E-state index contributed by atoms with van der Waals surface area (Å²) in [4.78, 5) is 4.07. The van der Waals surface area contributed by atoms with E-state index in [9.17, 15) is 0 Å². The molecule has 1 fully saturated rings. The third-order valence-corrected chi connectivity index (χ3v) is 2.73. The van der Waals surface area contributed by atoms with Crippen LogP contribution in [0, 0.1) is 0 Å². The van der Waals surface area contributed by atoms with Gasteiger partial charge in [-0.25, -0.2) is 4.98 Å². The van der Waals surface area contributed by atoms with Crippen LogP contribution in [0.1, 0.15) is 19.3 Å². The lowest BCUT2D eigenvalue weighted by Crippen LogP contribution is -2.21. The van der Waals surface area contributed by atoms with Crippen LogP contribution in [-0.2, 0) is 0 Å². The molecule has 4 N–H and O–H groups in total. The number of rotatable bonds is 2. The highest BCUT2D eigenvalue weighted by atomic mass is 15.0. The Hall–Kier alpha value is -1.29. The summed E-state index contributed by atoms with van der Waals surface area (Å²) in [6.45, 7) is 2.23. The Morgan fingerprint density at radius 1 is 1.33 bits per heavy atom. The van der Waals surface area contributed by atoms with Crippen molar-refractivity contribution in [2.45, 2.75) is 25.3 Å². The number of hydrogen-bond donors (Lipinski definition) is 3. The lowest BCUT2D eigenvalue weighted by molar-refractivity contribution is 0.637. The molecule has 0 aliphatic carbocycles. The lowest BCUT2D eigenvalue weighted by Gasteiger charge is -2.16. The van der Waals surface area contributed by atoms with E-state index in [0.29, 0.717) is 11.9 Å². The molecule has 1 unspecified atom stereocenters. The van der Waals surface area contributed by atoms with Gasteiger partial charge in [0.05, 0.1) is 11.9 Å². The SMILES string of the molecule is Nc1ccc(NC2CCCNCC2)cn1. The van der Waals surface area contributed by atoms with E-state index in [1.54, 1.807) is 6.20 Å². The summed E-state index contributed by atoms with van der Waals surface area (Å²) in [6, 6.07) is 4.38. The van der Waals surface area contributed by atoms with Gasteiger partial charge in [0.1, 0.15) is 5.82 Å². The normalized spacial score (nSPS) is 22.0. The number of nitrogens with one attached hydrogen (secondary N) is 2. The fourth-order valence-corrected chi connectivity index (χ4v) is 1.89. The Morgan fingerprint density at radius 3 is 3.07 bits per heavy atom. The summed E-state index contributed by atoms with van der Waals surface area (Å²) in [5.74, 6) is 0.572. The molecule has 0 amide bonds. The van der Waals surface area contributed by atoms with Gasteiger partial charge in [-0.05, 0) is 44.5 Å². The molecule has 82 valence electrons. The number of nitrogen functional groups attached to an aromatic ring is 1. The number of nitrogens with two attached hydrogens (primary N) is 1. The van der Waals surface area contributed by atoms with Crippen LogP contribution >= 0.6 is 0 Å². The van der Waals surface area contributed by atoms with Crippen molar-refractivity contribution in [3.8, 4) is 0 Å². The summed E-state index contributed by atoms with van der Waals surface area (Å²) in [7, 11) is 0. The molecule has 1 aromatic heterocycles. The van der Waals surface area contributed by atoms with E-state index in [4.69, 9.17) is 5.73 Å². The second kappa shape index (κ2) is 4.98. The van der Waals surface area contributed by atoms with E-state index < -0.39 is 0 Å². The maximum Gasteiger partial charge on any atom is 0.123 e. The maximum atomic E-state index is 5.54. The minimum atomic E-state index is 0.561. The predicted molar refractivity (Wildman–Crippen MR) is 62.8 cm³/mol. The molecule has 0 saturated carbocycles. The first-order chi connectivity index (χ1) is 7.34. The molecule has 0 radical (unpaired) electrons. The van der Waals surface area contributed by atoms with Crippen LogP contribution in [0.25, 0.3) is 0 Å². The van der Waals surface area contributed by atoms with Crippen molar-refractivity contribution in [3.05, 3.63) is 18.3 Å². The minimum Gasteiger partial charge on any atom is -0.384 e. The van der Waals surface area contributed by atoms with Gasteiger partial charge in [-0.3, -0.25) is 0 Å².